The minimum Gasteiger partial charge on any atom is -0.393 e. The van der Waals surface area contributed by atoms with Gasteiger partial charge in [-0.3, -0.25) is 9.59 Å². The van der Waals surface area contributed by atoms with Gasteiger partial charge >= 0.3 is 6.18 Å². The summed E-state index contributed by atoms with van der Waals surface area (Å²) in [7, 11) is 0. The molecule has 10 heteroatoms. The SMILES string of the molecule is CC(=O)Nc1cc(C(F)(F)F)cnc1N1CCC(C(=O)Nc2cccc3c2C[C@H](O)CC3)CC1. The number of hydrogen-bond donors (Lipinski definition) is 3. The number of hydrogen-bond acceptors (Lipinski definition) is 5. The Labute approximate surface area is 195 Å². The molecule has 1 aliphatic carbocycles. The van der Waals surface area contributed by atoms with Crippen molar-refractivity contribution in [2.45, 2.75) is 51.3 Å². The van der Waals surface area contributed by atoms with Crippen LogP contribution in [0.4, 0.5) is 30.4 Å². The molecular formula is C24H27F3N4O3. The van der Waals surface area contributed by atoms with Gasteiger partial charge in [-0.15, -0.1) is 0 Å². The molecule has 1 saturated heterocycles. The van der Waals surface area contributed by atoms with Gasteiger partial charge in [0.05, 0.1) is 17.4 Å². The molecule has 1 atom stereocenters. The summed E-state index contributed by atoms with van der Waals surface area (Å²) in [5.74, 6) is -0.615. The number of nitrogens with zero attached hydrogens (tertiary/aromatic N) is 2. The maximum absolute atomic E-state index is 13.1. The number of rotatable bonds is 4. The molecule has 2 heterocycles. The molecule has 0 bridgehead atoms. The summed E-state index contributed by atoms with van der Waals surface area (Å²) < 4.78 is 39.3. The van der Waals surface area contributed by atoms with Gasteiger partial charge in [-0.2, -0.15) is 13.2 Å². The molecule has 3 N–H and O–H groups in total. The number of fused-ring (bicyclic) bond motifs is 1. The van der Waals surface area contributed by atoms with Crippen molar-refractivity contribution in [3.05, 3.63) is 47.2 Å². The Balaban J connectivity index is 1.44. The van der Waals surface area contributed by atoms with Crippen LogP contribution >= 0.6 is 0 Å². The highest BCUT2D eigenvalue weighted by molar-refractivity contribution is 5.94. The van der Waals surface area contributed by atoms with Gasteiger partial charge in [0.2, 0.25) is 11.8 Å². The number of alkyl halides is 3. The first kappa shape index (κ1) is 24.0. The van der Waals surface area contributed by atoms with Crippen molar-refractivity contribution in [2.24, 2.45) is 5.92 Å². The number of aliphatic hydroxyl groups excluding tert-OH is 1. The van der Waals surface area contributed by atoms with E-state index in [4.69, 9.17) is 0 Å². The zero-order valence-electron chi connectivity index (χ0n) is 18.8. The average Bonchev–Trinajstić information content (AvgIpc) is 2.78. The second-order valence-electron chi connectivity index (χ2n) is 8.86. The van der Waals surface area contributed by atoms with Crippen LogP contribution in [0.5, 0.6) is 0 Å². The van der Waals surface area contributed by atoms with Crippen molar-refractivity contribution >= 4 is 29.0 Å². The van der Waals surface area contributed by atoms with E-state index < -0.39 is 23.8 Å². The number of aliphatic hydroxyl groups is 1. The predicted octanol–water partition coefficient (Wildman–Crippen LogP) is 3.76. The van der Waals surface area contributed by atoms with E-state index in [1.165, 1.54) is 6.92 Å². The van der Waals surface area contributed by atoms with E-state index in [0.29, 0.717) is 38.8 Å². The van der Waals surface area contributed by atoms with Crippen LogP contribution in [0, 0.1) is 5.92 Å². The summed E-state index contributed by atoms with van der Waals surface area (Å²) in [6.07, 6.45) is -1.25. The molecule has 4 rings (SSSR count). The van der Waals surface area contributed by atoms with Crippen LogP contribution in [-0.4, -0.2) is 41.1 Å². The summed E-state index contributed by atoms with van der Waals surface area (Å²) >= 11 is 0. The zero-order valence-corrected chi connectivity index (χ0v) is 18.8. The number of halogens is 3. The average molecular weight is 476 g/mol. The molecule has 0 saturated carbocycles. The minimum absolute atomic E-state index is 0.000280. The van der Waals surface area contributed by atoms with Gasteiger partial charge in [-0.05, 0) is 48.9 Å². The molecule has 0 spiro atoms. The monoisotopic (exact) mass is 476 g/mol. The van der Waals surface area contributed by atoms with Gasteiger partial charge in [0, 0.05) is 44.2 Å². The highest BCUT2D eigenvalue weighted by atomic mass is 19.4. The van der Waals surface area contributed by atoms with Gasteiger partial charge in [-0.25, -0.2) is 4.98 Å². The Hall–Kier alpha value is -3.14. The number of amides is 2. The lowest BCUT2D eigenvalue weighted by Gasteiger charge is -2.33. The van der Waals surface area contributed by atoms with E-state index in [-0.39, 0.29) is 23.3 Å². The summed E-state index contributed by atoms with van der Waals surface area (Å²) in [5, 5.41) is 15.5. The van der Waals surface area contributed by atoms with Crippen LogP contribution in [0.1, 0.15) is 42.9 Å². The first-order valence-corrected chi connectivity index (χ1v) is 11.3. The van der Waals surface area contributed by atoms with E-state index >= 15 is 0 Å². The Morgan fingerprint density at radius 2 is 1.85 bits per heavy atom. The van der Waals surface area contributed by atoms with Crippen LogP contribution in [0.25, 0.3) is 0 Å². The van der Waals surface area contributed by atoms with E-state index in [1.54, 1.807) is 4.90 Å². The molecule has 0 radical (unpaired) electrons. The number of piperidine rings is 1. The van der Waals surface area contributed by atoms with Crippen LogP contribution in [-0.2, 0) is 28.6 Å². The molecule has 1 aromatic heterocycles. The van der Waals surface area contributed by atoms with E-state index in [0.717, 1.165) is 35.5 Å². The van der Waals surface area contributed by atoms with Gasteiger partial charge in [0.15, 0.2) is 5.82 Å². The Morgan fingerprint density at radius 1 is 1.12 bits per heavy atom. The van der Waals surface area contributed by atoms with E-state index in [9.17, 15) is 27.9 Å². The fraction of sp³-hybridized carbons (Fsp3) is 0.458. The van der Waals surface area contributed by atoms with Gasteiger partial charge in [-0.1, -0.05) is 12.1 Å². The van der Waals surface area contributed by atoms with Crippen molar-refractivity contribution < 1.29 is 27.9 Å². The molecule has 1 fully saturated rings. The molecule has 34 heavy (non-hydrogen) atoms. The number of nitrogens with one attached hydrogen (secondary N) is 2. The Morgan fingerprint density at radius 3 is 2.53 bits per heavy atom. The second-order valence-corrected chi connectivity index (χ2v) is 8.86. The Bertz CT molecular complexity index is 1080. The molecule has 2 aliphatic rings. The number of anilines is 3. The number of carbonyl (C=O) groups excluding carboxylic acids is 2. The first-order valence-electron chi connectivity index (χ1n) is 11.3. The molecule has 7 nitrogen and oxygen atoms in total. The van der Waals surface area contributed by atoms with Crippen molar-refractivity contribution in [3.63, 3.8) is 0 Å². The van der Waals surface area contributed by atoms with Crippen LogP contribution < -0.4 is 15.5 Å². The summed E-state index contributed by atoms with van der Waals surface area (Å²) in [4.78, 5) is 30.3. The van der Waals surface area contributed by atoms with Gasteiger partial charge < -0.3 is 20.6 Å². The zero-order chi connectivity index (χ0) is 24.5. The van der Waals surface area contributed by atoms with Crippen LogP contribution in [0.15, 0.2) is 30.5 Å². The molecule has 1 aliphatic heterocycles. The third kappa shape index (κ3) is 5.32. The van der Waals surface area contributed by atoms with Crippen molar-refractivity contribution in [3.8, 4) is 0 Å². The number of pyridine rings is 1. The fourth-order valence-corrected chi connectivity index (χ4v) is 4.62. The van der Waals surface area contributed by atoms with Gasteiger partial charge in [0.1, 0.15) is 0 Å². The number of benzene rings is 1. The van der Waals surface area contributed by atoms with Crippen LogP contribution in [0.2, 0.25) is 0 Å². The van der Waals surface area contributed by atoms with E-state index in [1.807, 2.05) is 18.2 Å². The number of aryl methyl sites for hydroxylation is 1. The number of carbonyl (C=O) groups is 2. The summed E-state index contributed by atoms with van der Waals surface area (Å²) in [6, 6.07) is 6.64. The maximum Gasteiger partial charge on any atom is 0.417 e. The normalized spacial score (nSPS) is 18.9. The highest BCUT2D eigenvalue weighted by Crippen LogP contribution is 2.35. The molecule has 2 amide bonds. The third-order valence-corrected chi connectivity index (χ3v) is 6.39. The lowest BCUT2D eigenvalue weighted by molar-refractivity contribution is -0.137. The molecule has 0 unspecified atom stereocenters. The fourth-order valence-electron chi connectivity index (χ4n) is 4.62. The smallest absolute Gasteiger partial charge is 0.393 e. The van der Waals surface area contributed by atoms with Gasteiger partial charge in [0.25, 0.3) is 0 Å². The molecule has 2 aromatic rings. The van der Waals surface area contributed by atoms with Crippen molar-refractivity contribution in [1.82, 2.24) is 4.98 Å². The minimum atomic E-state index is -4.57. The van der Waals surface area contributed by atoms with Crippen molar-refractivity contribution in [1.29, 1.82) is 0 Å². The maximum atomic E-state index is 13.1. The Kier molecular flexibility index (Phi) is 6.79. The molecule has 182 valence electrons. The lowest BCUT2D eigenvalue weighted by Crippen LogP contribution is -2.39. The molecule has 1 aromatic carbocycles. The van der Waals surface area contributed by atoms with Crippen LogP contribution in [0.3, 0.4) is 0 Å². The topological polar surface area (TPSA) is 94.6 Å². The third-order valence-electron chi connectivity index (χ3n) is 6.39. The largest absolute Gasteiger partial charge is 0.417 e. The summed E-state index contributed by atoms with van der Waals surface area (Å²) in [5.41, 5.74) is 1.89. The van der Waals surface area contributed by atoms with Crippen molar-refractivity contribution in [2.75, 3.05) is 28.6 Å². The van der Waals surface area contributed by atoms with E-state index in [2.05, 4.69) is 15.6 Å². The first-order chi connectivity index (χ1) is 16.1. The number of aromatic nitrogens is 1. The standard InChI is InChI=1S/C24H27F3N4O3/c1-14(32)29-21-11-17(24(25,26)27)13-28-22(21)31-9-7-16(8-10-31)23(34)30-20-4-2-3-15-5-6-18(33)12-19(15)20/h2-4,11,13,16,18,33H,5-10,12H2,1H3,(H,29,32)(H,30,34)/t18-/m1/s1. The quantitative estimate of drug-likeness (QED) is 0.625. The predicted molar refractivity (Wildman–Crippen MR) is 122 cm³/mol. The highest BCUT2D eigenvalue weighted by Gasteiger charge is 2.33. The second kappa shape index (κ2) is 9.61. The molecular weight excluding hydrogens is 449 g/mol. The lowest BCUT2D eigenvalue weighted by atomic mass is 9.88. The summed E-state index contributed by atoms with van der Waals surface area (Å²) in [6.45, 7) is 2.05.